The van der Waals surface area contributed by atoms with Gasteiger partial charge in [-0.05, 0) is 30.2 Å². The van der Waals surface area contributed by atoms with Crippen LogP contribution in [-0.2, 0) is 0 Å². The van der Waals surface area contributed by atoms with E-state index in [0.29, 0.717) is 5.69 Å². The van der Waals surface area contributed by atoms with E-state index in [-0.39, 0.29) is 0 Å². The molecule has 1 heterocycles. The van der Waals surface area contributed by atoms with Gasteiger partial charge in [0, 0.05) is 5.56 Å². The summed E-state index contributed by atoms with van der Waals surface area (Å²) >= 11 is 5.47. The number of hydrogen-bond donors (Lipinski definition) is 0. The lowest BCUT2D eigenvalue weighted by Gasteiger charge is -2.04. The molecule has 0 unspecified atom stereocenters. The second-order valence-corrected chi connectivity index (χ2v) is 3.85. The molecule has 0 spiro atoms. The summed E-state index contributed by atoms with van der Waals surface area (Å²) in [5, 5.41) is -0.518. The first kappa shape index (κ1) is 10.8. The topological polar surface area (TPSA) is 30.0 Å². The number of aromatic nitrogens is 1. The maximum absolute atomic E-state index is 11.2. The second kappa shape index (κ2) is 4.45. The van der Waals surface area contributed by atoms with E-state index in [1.807, 2.05) is 49.4 Å². The van der Waals surface area contributed by atoms with Crippen molar-refractivity contribution >= 4 is 16.8 Å². The van der Waals surface area contributed by atoms with Crippen LogP contribution in [0.5, 0.6) is 0 Å². The van der Waals surface area contributed by atoms with Crippen LogP contribution < -0.4 is 0 Å². The molecule has 0 N–H and O–H groups in total. The van der Waals surface area contributed by atoms with Crippen LogP contribution >= 0.6 is 11.6 Å². The van der Waals surface area contributed by atoms with Crippen molar-refractivity contribution in [3.8, 4) is 11.3 Å². The fourth-order valence-electron chi connectivity index (χ4n) is 1.50. The SMILES string of the molecule is Cc1ccc(-c2ccccc2)nc1C(=O)Cl. The minimum absolute atomic E-state index is 0.322. The molecule has 2 nitrogen and oxygen atoms in total. The van der Waals surface area contributed by atoms with Crippen molar-refractivity contribution in [3.63, 3.8) is 0 Å². The van der Waals surface area contributed by atoms with Gasteiger partial charge < -0.3 is 0 Å². The van der Waals surface area contributed by atoms with Crippen LogP contribution in [0.1, 0.15) is 16.1 Å². The monoisotopic (exact) mass is 231 g/mol. The first-order chi connectivity index (χ1) is 7.68. The summed E-state index contributed by atoms with van der Waals surface area (Å²) in [6.07, 6.45) is 0. The molecule has 2 rings (SSSR count). The van der Waals surface area contributed by atoms with E-state index in [2.05, 4.69) is 4.98 Å². The number of nitrogens with zero attached hydrogens (tertiary/aromatic N) is 1. The lowest BCUT2D eigenvalue weighted by atomic mass is 10.1. The molecule has 1 aromatic heterocycles. The number of aryl methyl sites for hydroxylation is 1. The molecule has 1 aromatic carbocycles. The molecule has 16 heavy (non-hydrogen) atoms. The molecule has 0 aliphatic rings. The van der Waals surface area contributed by atoms with Crippen molar-refractivity contribution in [2.24, 2.45) is 0 Å². The number of carbonyl (C=O) groups excluding carboxylic acids is 1. The van der Waals surface area contributed by atoms with E-state index in [1.54, 1.807) is 0 Å². The quantitative estimate of drug-likeness (QED) is 0.742. The normalized spacial score (nSPS) is 10.1. The molecule has 0 radical (unpaired) electrons. The Balaban J connectivity index is 2.52. The van der Waals surface area contributed by atoms with Gasteiger partial charge in [-0.15, -0.1) is 0 Å². The molecule has 0 aliphatic heterocycles. The third-order valence-electron chi connectivity index (χ3n) is 2.35. The van der Waals surface area contributed by atoms with Gasteiger partial charge in [-0.3, -0.25) is 4.79 Å². The Labute approximate surface area is 98.9 Å². The summed E-state index contributed by atoms with van der Waals surface area (Å²) in [7, 11) is 0. The number of carbonyl (C=O) groups is 1. The average molecular weight is 232 g/mol. The zero-order valence-electron chi connectivity index (χ0n) is 8.77. The van der Waals surface area contributed by atoms with Gasteiger partial charge in [-0.25, -0.2) is 4.98 Å². The highest BCUT2D eigenvalue weighted by Gasteiger charge is 2.09. The van der Waals surface area contributed by atoms with Crippen molar-refractivity contribution in [2.75, 3.05) is 0 Å². The van der Waals surface area contributed by atoms with Crippen LogP contribution in [0.4, 0.5) is 0 Å². The molecule has 0 saturated carbocycles. The molecule has 0 fully saturated rings. The molecule has 0 amide bonds. The summed E-state index contributed by atoms with van der Waals surface area (Å²) in [6, 6.07) is 13.4. The maximum atomic E-state index is 11.2. The van der Waals surface area contributed by atoms with Crippen LogP contribution in [0, 0.1) is 6.92 Å². The fraction of sp³-hybridized carbons (Fsp3) is 0.0769. The smallest absolute Gasteiger partial charge is 0.271 e. The molecule has 3 heteroatoms. The molecule has 0 aliphatic carbocycles. The van der Waals surface area contributed by atoms with Gasteiger partial charge in [-0.2, -0.15) is 0 Å². The Morgan fingerprint density at radius 3 is 2.44 bits per heavy atom. The van der Waals surface area contributed by atoms with Crippen LogP contribution in [0.15, 0.2) is 42.5 Å². The van der Waals surface area contributed by atoms with Crippen molar-refractivity contribution in [3.05, 3.63) is 53.7 Å². The Kier molecular flexibility index (Phi) is 3.02. The van der Waals surface area contributed by atoms with E-state index in [1.165, 1.54) is 0 Å². The van der Waals surface area contributed by atoms with Gasteiger partial charge in [0.25, 0.3) is 5.24 Å². The average Bonchev–Trinajstić information content (AvgIpc) is 2.30. The van der Waals surface area contributed by atoms with Gasteiger partial charge in [-0.1, -0.05) is 36.4 Å². The first-order valence-electron chi connectivity index (χ1n) is 4.91. The number of pyridine rings is 1. The summed E-state index contributed by atoms with van der Waals surface area (Å²) in [4.78, 5) is 15.4. The number of benzene rings is 1. The van der Waals surface area contributed by atoms with E-state index in [9.17, 15) is 4.79 Å². The molecule has 2 aromatic rings. The third kappa shape index (κ3) is 2.12. The number of hydrogen-bond acceptors (Lipinski definition) is 2. The fourth-order valence-corrected chi connectivity index (χ4v) is 1.69. The largest absolute Gasteiger partial charge is 0.274 e. The minimum Gasteiger partial charge on any atom is -0.274 e. The maximum Gasteiger partial charge on any atom is 0.271 e. The van der Waals surface area contributed by atoms with E-state index < -0.39 is 5.24 Å². The molecular weight excluding hydrogens is 222 g/mol. The Hall–Kier alpha value is -1.67. The van der Waals surface area contributed by atoms with Gasteiger partial charge in [0.2, 0.25) is 0 Å². The van der Waals surface area contributed by atoms with E-state index >= 15 is 0 Å². The van der Waals surface area contributed by atoms with Gasteiger partial charge in [0.15, 0.2) is 0 Å². The Morgan fingerprint density at radius 2 is 1.81 bits per heavy atom. The molecule has 80 valence electrons. The third-order valence-corrected chi connectivity index (χ3v) is 2.53. The van der Waals surface area contributed by atoms with Crippen molar-refractivity contribution < 1.29 is 4.79 Å². The zero-order valence-corrected chi connectivity index (χ0v) is 9.53. The van der Waals surface area contributed by atoms with Gasteiger partial charge in [0.05, 0.1) is 5.69 Å². The number of rotatable bonds is 2. The lowest BCUT2D eigenvalue weighted by molar-refractivity contribution is 0.107. The summed E-state index contributed by atoms with van der Waals surface area (Å²) < 4.78 is 0. The zero-order chi connectivity index (χ0) is 11.5. The summed E-state index contributed by atoms with van der Waals surface area (Å²) in [6.45, 7) is 1.82. The van der Waals surface area contributed by atoms with Crippen molar-refractivity contribution in [1.82, 2.24) is 4.98 Å². The van der Waals surface area contributed by atoms with Crippen LogP contribution in [0.2, 0.25) is 0 Å². The predicted octanol–water partition coefficient (Wildman–Crippen LogP) is 3.44. The summed E-state index contributed by atoms with van der Waals surface area (Å²) in [5.41, 5.74) is 2.85. The molecule has 0 atom stereocenters. The highest BCUT2D eigenvalue weighted by Crippen LogP contribution is 2.19. The van der Waals surface area contributed by atoms with E-state index in [0.717, 1.165) is 16.8 Å². The molecule has 0 bridgehead atoms. The predicted molar refractivity (Wildman–Crippen MR) is 64.6 cm³/mol. The highest BCUT2D eigenvalue weighted by atomic mass is 35.5. The van der Waals surface area contributed by atoms with Crippen LogP contribution in [0.3, 0.4) is 0 Å². The van der Waals surface area contributed by atoms with Crippen LogP contribution in [0.25, 0.3) is 11.3 Å². The van der Waals surface area contributed by atoms with Crippen LogP contribution in [-0.4, -0.2) is 10.2 Å². The highest BCUT2D eigenvalue weighted by molar-refractivity contribution is 6.67. The Morgan fingerprint density at radius 1 is 1.12 bits per heavy atom. The summed E-state index contributed by atoms with van der Waals surface area (Å²) in [5.74, 6) is 0. The van der Waals surface area contributed by atoms with Crippen molar-refractivity contribution in [2.45, 2.75) is 6.92 Å². The number of halogens is 1. The second-order valence-electron chi connectivity index (χ2n) is 3.50. The first-order valence-corrected chi connectivity index (χ1v) is 5.29. The minimum atomic E-state index is -0.518. The Bertz CT molecular complexity index is 523. The lowest BCUT2D eigenvalue weighted by Crippen LogP contribution is -1.99. The van der Waals surface area contributed by atoms with Gasteiger partial charge in [0.1, 0.15) is 5.69 Å². The molecule has 0 saturated heterocycles. The standard InChI is InChI=1S/C13H10ClNO/c1-9-7-8-11(15-12(9)13(14)16)10-5-3-2-4-6-10/h2-8H,1H3. The van der Waals surface area contributed by atoms with Crippen molar-refractivity contribution in [1.29, 1.82) is 0 Å². The van der Waals surface area contributed by atoms with E-state index in [4.69, 9.17) is 11.6 Å². The van der Waals surface area contributed by atoms with Gasteiger partial charge >= 0.3 is 0 Å². The molecular formula is C13H10ClNO.